The molecule has 0 spiro atoms. The molecule has 0 bridgehead atoms. The van der Waals surface area contributed by atoms with Gasteiger partial charge in [-0.25, -0.2) is 0 Å². The number of hydrogen-bond donors (Lipinski definition) is 1. The van der Waals surface area contributed by atoms with Crippen LogP contribution in [0.1, 0.15) is 45.4 Å². The van der Waals surface area contributed by atoms with E-state index in [4.69, 9.17) is 14.2 Å². The van der Waals surface area contributed by atoms with E-state index in [1.54, 1.807) is 0 Å². The average Bonchev–Trinajstić information content (AvgIpc) is 2.42. The molecule has 0 aromatic heterocycles. The lowest BCUT2D eigenvalue weighted by molar-refractivity contribution is -0.153. The molecule has 1 unspecified atom stereocenters. The lowest BCUT2D eigenvalue weighted by atomic mass is 10.2. The van der Waals surface area contributed by atoms with Crippen LogP contribution in [0.15, 0.2) is 0 Å². The van der Waals surface area contributed by atoms with E-state index in [0.717, 1.165) is 52.4 Å². The van der Waals surface area contributed by atoms with Gasteiger partial charge in [0.2, 0.25) is 0 Å². The van der Waals surface area contributed by atoms with E-state index in [-0.39, 0.29) is 6.29 Å². The van der Waals surface area contributed by atoms with Crippen molar-refractivity contribution in [2.24, 2.45) is 0 Å². The van der Waals surface area contributed by atoms with E-state index in [0.29, 0.717) is 0 Å². The first kappa shape index (κ1) is 15.9. The van der Waals surface area contributed by atoms with Crippen LogP contribution in [0, 0.1) is 0 Å². The Hall–Kier alpha value is -0.160. The maximum absolute atomic E-state index is 5.62. The molecule has 0 amide bonds. The summed E-state index contributed by atoms with van der Waals surface area (Å²) >= 11 is 0. The number of rotatable bonds is 11. The minimum absolute atomic E-state index is 0.0379. The van der Waals surface area contributed by atoms with Crippen LogP contribution in [0.4, 0.5) is 0 Å². The molecule has 1 aliphatic rings. The second-order valence-corrected chi connectivity index (χ2v) is 4.76. The van der Waals surface area contributed by atoms with Crippen molar-refractivity contribution in [2.75, 3.05) is 39.5 Å². The Morgan fingerprint density at radius 1 is 1.06 bits per heavy atom. The topological polar surface area (TPSA) is 39.7 Å². The van der Waals surface area contributed by atoms with Crippen LogP contribution in [-0.2, 0) is 14.2 Å². The predicted molar refractivity (Wildman–Crippen MR) is 72.8 cm³/mol. The molecule has 1 rings (SSSR count). The maximum Gasteiger partial charge on any atom is 0.169 e. The summed E-state index contributed by atoms with van der Waals surface area (Å²) in [6.07, 6.45) is 7.11. The van der Waals surface area contributed by atoms with E-state index < -0.39 is 0 Å². The van der Waals surface area contributed by atoms with Gasteiger partial charge in [-0.15, -0.1) is 0 Å². The zero-order valence-corrected chi connectivity index (χ0v) is 11.8. The molecule has 0 aliphatic carbocycles. The van der Waals surface area contributed by atoms with Gasteiger partial charge in [-0.1, -0.05) is 19.8 Å². The second kappa shape index (κ2) is 11.9. The minimum Gasteiger partial charge on any atom is -0.381 e. The van der Waals surface area contributed by atoms with Gasteiger partial charge in [-0.05, 0) is 25.7 Å². The van der Waals surface area contributed by atoms with Gasteiger partial charge in [0.05, 0.1) is 6.61 Å². The van der Waals surface area contributed by atoms with Gasteiger partial charge in [0.1, 0.15) is 0 Å². The van der Waals surface area contributed by atoms with E-state index in [9.17, 15) is 0 Å². The predicted octanol–water partition coefficient (Wildman–Crippen LogP) is 2.33. The molecule has 4 heteroatoms. The van der Waals surface area contributed by atoms with Crippen LogP contribution in [0.3, 0.4) is 0 Å². The van der Waals surface area contributed by atoms with Crippen LogP contribution in [0.25, 0.3) is 0 Å². The third-order valence-corrected chi connectivity index (χ3v) is 3.02. The zero-order chi connectivity index (χ0) is 12.9. The summed E-state index contributed by atoms with van der Waals surface area (Å²) in [5, 5.41) is 3.25. The van der Waals surface area contributed by atoms with Crippen molar-refractivity contribution < 1.29 is 14.2 Å². The highest BCUT2D eigenvalue weighted by molar-refractivity contribution is 4.57. The number of unbranched alkanes of at least 4 members (excludes halogenated alkanes) is 4. The van der Waals surface area contributed by atoms with Gasteiger partial charge in [0.25, 0.3) is 0 Å². The van der Waals surface area contributed by atoms with Crippen molar-refractivity contribution in [2.45, 2.75) is 51.7 Å². The SMILES string of the molecule is CCCCCOCCCCCOC1CNCCO1. The Bertz CT molecular complexity index is 172. The number of morpholine rings is 1. The van der Waals surface area contributed by atoms with Gasteiger partial charge in [-0.2, -0.15) is 0 Å². The first-order valence-corrected chi connectivity index (χ1v) is 7.45. The maximum atomic E-state index is 5.62. The summed E-state index contributed by atoms with van der Waals surface area (Å²) in [5.74, 6) is 0. The monoisotopic (exact) mass is 259 g/mol. The molecule has 1 atom stereocenters. The zero-order valence-electron chi connectivity index (χ0n) is 11.8. The Labute approximate surface area is 111 Å². The summed E-state index contributed by atoms with van der Waals surface area (Å²) in [5.41, 5.74) is 0. The van der Waals surface area contributed by atoms with Crippen molar-refractivity contribution in [3.05, 3.63) is 0 Å². The number of nitrogens with one attached hydrogen (secondary N) is 1. The van der Waals surface area contributed by atoms with E-state index in [1.165, 1.54) is 25.7 Å². The fourth-order valence-corrected chi connectivity index (χ4v) is 1.90. The van der Waals surface area contributed by atoms with Crippen LogP contribution < -0.4 is 5.32 Å². The molecular weight excluding hydrogens is 230 g/mol. The van der Waals surface area contributed by atoms with Crippen molar-refractivity contribution in [3.8, 4) is 0 Å². The number of hydrogen-bond acceptors (Lipinski definition) is 4. The standard InChI is InChI=1S/C14H29NO3/c1-2-3-5-9-16-10-6-4-7-11-17-14-13-15-8-12-18-14/h14-15H,2-13H2,1H3. The molecule has 1 saturated heterocycles. The molecule has 1 aliphatic heterocycles. The normalized spacial score (nSPS) is 20.2. The van der Waals surface area contributed by atoms with Crippen LogP contribution >= 0.6 is 0 Å². The molecule has 1 fully saturated rings. The molecule has 0 radical (unpaired) electrons. The van der Waals surface area contributed by atoms with Crippen molar-refractivity contribution >= 4 is 0 Å². The molecule has 0 aromatic carbocycles. The molecule has 4 nitrogen and oxygen atoms in total. The van der Waals surface area contributed by atoms with Crippen molar-refractivity contribution in [3.63, 3.8) is 0 Å². The Morgan fingerprint density at radius 2 is 1.83 bits per heavy atom. The molecule has 0 aromatic rings. The van der Waals surface area contributed by atoms with Gasteiger partial charge in [-0.3, -0.25) is 0 Å². The highest BCUT2D eigenvalue weighted by Crippen LogP contribution is 2.02. The van der Waals surface area contributed by atoms with Crippen LogP contribution in [0.2, 0.25) is 0 Å². The molecule has 1 N–H and O–H groups in total. The summed E-state index contributed by atoms with van der Waals surface area (Å²) in [4.78, 5) is 0. The van der Waals surface area contributed by atoms with Gasteiger partial charge in [0, 0.05) is 32.9 Å². The van der Waals surface area contributed by atoms with Crippen LogP contribution in [0.5, 0.6) is 0 Å². The molecule has 108 valence electrons. The fourth-order valence-electron chi connectivity index (χ4n) is 1.90. The smallest absolute Gasteiger partial charge is 0.169 e. The first-order valence-electron chi connectivity index (χ1n) is 7.45. The molecular formula is C14H29NO3. The van der Waals surface area contributed by atoms with Gasteiger partial charge in [0.15, 0.2) is 6.29 Å². The lowest BCUT2D eigenvalue weighted by Gasteiger charge is -2.23. The molecule has 1 heterocycles. The first-order chi connectivity index (χ1) is 8.93. The van der Waals surface area contributed by atoms with Gasteiger partial charge < -0.3 is 19.5 Å². The highest BCUT2D eigenvalue weighted by Gasteiger charge is 2.12. The van der Waals surface area contributed by atoms with Crippen LogP contribution in [-0.4, -0.2) is 45.8 Å². The summed E-state index contributed by atoms with van der Waals surface area (Å²) in [6.45, 7) is 7.34. The highest BCUT2D eigenvalue weighted by atomic mass is 16.7. The third-order valence-electron chi connectivity index (χ3n) is 3.02. The largest absolute Gasteiger partial charge is 0.381 e. The molecule has 18 heavy (non-hydrogen) atoms. The van der Waals surface area contributed by atoms with E-state index in [2.05, 4.69) is 12.2 Å². The van der Waals surface area contributed by atoms with E-state index in [1.807, 2.05) is 0 Å². The van der Waals surface area contributed by atoms with Crippen molar-refractivity contribution in [1.82, 2.24) is 5.32 Å². The Balaban J connectivity index is 1.73. The third kappa shape index (κ3) is 8.86. The van der Waals surface area contributed by atoms with Crippen molar-refractivity contribution in [1.29, 1.82) is 0 Å². The second-order valence-electron chi connectivity index (χ2n) is 4.76. The van der Waals surface area contributed by atoms with E-state index >= 15 is 0 Å². The van der Waals surface area contributed by atoms with Gasteiger partial charge >= 0.3 is 0 Å². The molecule has 0 saturated carbocycles. The number of ether oxygens (including phenoxy) is 3. The quantitative estimate of drug-likeness (QED) is 0.578. The fraction of sp³-hybridized carbons (Fsp3) is 1.00. The Kier molecular flexibility index (Phi) is 10.5. The summed E-state index contributed by atoms with van der Waals surface area (Å²) in [7, 11) is 0. The lowest BCUT2D eigenvalue weighted by Crippen LogP contribution is -2.40. The summed E-state index contributed by atoms with van der Waals surface area (Å²) < 4.78 is 16.6. The minimum atomic E-state index is -0.0379. The summed E-state index contributed by atoms with van der Waals surface area (Å²) in [6, 6.07) is 0. The average molecular weight is 259 g/mol. The Morgan fingerprint density at radius 3 is 2.56 bits per heavy atom.